The lowest BCUT2D eigenvalue weighted by Crippen LogP contribution is -2.30. The second kappa shape index (κ2) is 14.1. The van der Waals surface area contributed by atoms with Gasteiger partial charge in [0.1, 0.15) is 0 Å². The quantitative estimate of drug-likeness (QED) is 0.178. The van der Waals surface area contributed by atoms with Gasteiger partial charge in [0.2, 0.25) is 10.0 Å². The van der Waals surface area contributed by atoms with E-state index in [1.54, 1.807) is 57.4 Å². The van der Waals surface area contributed by atoms with E-state index in [1.165, 1.54) is 4.31 Å². The molecule has 0 radical (unpaired) electrons. The van der Waals surface area contributed by atoms with E-state index in [-0.39, 0.29) is 4.90 Å². The predicted octanol–water partition coefficient (Wildman–Crippen LogP) is 6.28. The highest BCUT2D eigenvalue weighted by molar-refractivity contribution is 7.89. The molecule has 0 aliphatic rings. The summed E-state index contributed by atoms with van der Waals surface area (Å²) in [5.41, 5.74) is 4.05. The summed E-state index contributed by atoms with van der Waals surface area (Å²) in [5, 5.41) is 4.82. The molecular formula is C33H37N3O6S. The number of nitrogens with zero attached hydrogens (tertiary/aromatic N) is 3. The molecule has 9 nitrogen and oxygen atoms in total. The molecule has 0 aliphatic heterocycles. The normalized spacial score (nSPS) is 11.9. The fourth-order valence-electron chi connectivity index (χ4n) is 4.57. The number of benzene rings is 3. The number of sulfonamides is 1. The summed E-state index contributed by atoms with van der Waals surface area (Å²) in [4.78, 5) is 0.239. The first kappa shape index (κ1) is 31.4. The maximum Gasteiger partial charge on any atom is 0.243 e. The van der Waals surface area contributed by atoms with Gasteiger partial charge in [-0.1, -0.05) is 38.1 Å². The summed E-state index contributed by atoms with van der Waals surface area (Å²) >= 11 is 0. The van der Waals surface area contributed by atoms with Crippen molar-refractivity contribution in [1.82, 2.24) is 14.1 Å². The van der Waals surface area contributed by atoms with Gasteiger partial charge >= 0.3 is 0 Å². The van der Waals surface area contributed by atoms with Crippen LogP contribution >= 0.6 is 0 Å². The molecule has 0 unspecified atom stereocenters. The van der Waals surface area contributed by atoms with Gasteiger partial charge in [-0.25, -0.2) is 13.1 Å². The molecule has 1 heterocycles. The molecule has 0 amide bonds. The number of hydrogen-bond acceptors (Lipinski definition) is 7. The smallest absolute Gasteiger partial charge is 0.243 e. The Balaban J connectivity index is 1.73. The highest BCUT2D eigenvalue weighted by Crippen LogP contribution is 2.30. The first-order chi connectivity index (χ1) is 20.8. The highest BCUT2D eigenvalue weighted by atomic mass is 32.2. The monoisotopic (exact) mass is 603 g/mol. The van der Waals surface area contributed by atoms with Crippen LogP contribution in [0.1, 0.15) is 36.4 Å². The van der Waals surface area contributed by atoms with Crippen molar-refractivity contribution in [2.75, 3.05) is 41.5 Å². The number of ether oxygens (including phenoxy) is 4. The maximum atomic E-state index is 13.0. The second-order valence-corrected chi connectivity index (χ2v) is 11.3. The lowest BCUT2D eigenvalue weighted by molar-refractivity contribution is 0.355. The Bertz CT molecular complexity index is 1710. The molecule has 226 valence electrons. The van der Waals surface area contributed by atoms with E-state index in [4.69, 9.17) is 24.0 Å². The lowest BCUT2D eigenvalue weighted by Gasteiger charge is -2.18. The van der Waals surface area contributed by atoms with Crippen molar-refractivity contribution in [3.63, 3.8) is 0 Å². The molecule has 0 N–H and O–H groups in total. The molecule has 4 rings (SSSR count). The maximum absolute atomic E-state index is 13.0. The van der Waals surface area contributed by atoms with Crippen LogP contribution in [-0.4, -0.2) is 64.0 Å². The van der Waals surface area contributed by atoms with E-state index in [2.05, 4.69) is 0 Å². The third kappa shape index (κ3) is 7.10. The molecule has 10 heteroatoms. The van der Waals surface area contributed by atoms with Crippen LogP contribution in [0.2, 0.25) is 0 Å². The van der Waals surface area contributed by atoms with E-state index < -0.39 is 10.0 Å². The molecule has 4 aromatic rings. The topological polar surface area (TPSA) is 92.1 Å². The molecule has 43 heavy (non-hydrogen) atoms. The van der Waals surface area contributed by atoms with Gasteiger partial charge < -0.3 is 18.9 Å². The Kier molecular flexibility index (Phi) is 10.3. The zero-order valence-corrected chi connectivity index (χ0v) is 26.1. The number of hydrogen-bond donors (Lipinski definition) is 0. The minimum Gasteiger partial charge on any atom is -0.493 e. The lowest BCUT2D eigenvalue weighted by atomic mass is 10.1. The summed E-state index contributed by atoms with van der Waals surface area (Å²) in [5.74, 6) is 2.56. The standard InChI is InChI=1S/C33H37N3O6S/c1-7-35(8-2)43(37,38)29-17-15-27(16-18-29)36-28(14-10-25-12-20-31(40-4)33(22-25)42-6)23-26(34-36)13-9-24-11-19-30(39-3)32(21-24)41-5/h9-23H,7-8H2,1-6H3/b13-9+,14-10+. The fraction of sp³-hybridized carbons (Fsp3) is 0.242. The van der Waals surface area contributed by atoms with Gasteiger partial charge in [-0.05, 0) is 77.9 Å². The van der Waals surface area contributed by atoms with Crippen molar-refractivity contribution in [1.29, 1.82) is 0 Å². The zero-order valence-electron chi connectivity index (χ0n) is 25.3. The molecule has 3 aromatic carbocycles. The summed E-state index contributed by atoms with van der Waals surface area (Å²) in [6, 6.07) is 20.1. The molecule has 0 fully saturated rings. The third-order valence-corrected chi connectivity index (χ3v) is 8.95. The number of methoxy groups -OCH3 is 4. The van der Waals surface area contributed by atoms with Gasteiger partial charge in [0, 0.05) is 13.1 Å². The van der Waals surface area contributed by atoms with Crippen molar-refractivity contribution >= 4 is 34.3 Å². The van der Waals surface area contributed by atoms with Gasteiger partial charge in [0.05, 0.1) is 50.4 Å². The van der Waals surface area contributed by atoms with Crippen LogP contribution in [0, 0.1) is 0 Å². The number of aromatic nitrogens is 2. The first-order valence-electron chi connectivity index (χ1n) is 13.8. The van der Waals surface area contributed by atoms with Crippen molar-refractivity contribution in [3.8, 4) is 28.7 Å². The average Bonchev–Trinajstić information content (AvgIpc) is 3.45. The van der Waals surface area contributed by atoms with Crippen LogP contribution in [0.25, 0.3) is 30.0 Å². The number of rotatable bonds is 13. The Morgan fingerprint density at radius 2 is 1.19 bits per heavy atom. The van der Waals surface area contributed by atoms with E-state index in [1.807, 2.05) is 80.6 Å². The minimum absolute atomic E-state index is 0.239. The molecule has 0 bridgehead atoms. The molecular weight excluding hydrogens is 566 g/mol. The average molecular weight is 604 g/mol. The first-order valence-corrected chi connectivity index (χ1v) is 15.2. The summed E-state index contributed by atoms with van der Waals surface area (Å²) < 4.78 is 50.8. The molecule has 1 aromatic heterocycles. The van der Waals surface area contributed by atoms with Gasteiger partial charge in [-0.2, -0.15) is 9.40 Å². The summed E-state index contributed by atoms with van der Waals surface area (Å²) in [7, 11) is 2.82. The van der Waals surface area contributed by atoms with Gasteiger partial charge in [-0.3, -0.25) is 0 Å². The van der Waals surface area contributed by atoms with Crippen LogP contribution in [0.5, 0.6) is 23.0 Å². The molecule has 0 atom stereocenters. The van der Waals surface area contributed by atoms with Crippen molar-refractivity contribution in [3.05, 3.63) is 89.2 Å². The van der Waals surface area contributed by atoms with Gasteiger partial charge in [0.25, 0.3) is 0 Å². The Morgan fingerprint density at radius 3 is 1.67 bits per heavy atom. The van der Waals surface area contributed by atoms with E-state index in [9.17, 15) is 8.42 Å². The van der Waals surface area contributed by atoms with Crippen molar-refractivity contribution < 1.29 is 27.4 Å². The summed E-state index contributed by atoms with van der Waals surface area (Å²) in [6.45, 7) is 4.46. The minimum atomic E-state index is -3.58. The Hall–Kier alpha value is -4.54. The van der Waals surface area contributed by atoms with Crippen LogP contribution in [0.4, 0.5) is 0 Å². The Morgan fingerprint density at radius 1 is 0.674 bits per heavy atom. The van der Waals surface area contributed by atoms with Crippen LogP contribution in [0.15, 0.2) is 71.6 Å². The van der Waals surface area contributed by atoms with Crippen molar-refractivity contribution in [2.24, 2.45) is 0 Å². The summed E-state index contributed by atoms with van der Waals surface area (Å²) in [6.07, 6.45) is 7.75. The third-order valence-electron chi connectivity index (χ3n) is 6.89. The Labute approximate surface area is 253 Å². The van der Waals surface area contributed by atoms with E-state index in [0.717, 1.165) is 22.5 Å². The van der Waals surface area contributed by atoms with Crippen LogP contribution in [-0.2, 0) is 10.0 Å². The SMILES string of the molecule is CCN(CC)S(=O)(=O)c1ccc(-n2nc(/C=C/c3ccc(OC)c(OC)c3)cc2/C=C/c2ccc(OC)c(OC)c2)cc1. The predicted molar refractivity (Wildman–Crippen MR) is 171 cm³/mol. The molecule has 0 spiro atoms. The fourth-order valence-corrected chi connectivity index (χ4v) is 6.03. The van der Waals surface area contributed by atoms with Gasteiger partial charge in [-0.15, -0.1) is 0 Å². The van der Waals surface area contributed by atoms with Crippen LogP contribution < -0.4 is 18.9 Å². The molecule has 0 aliphatic carbocycles. The van der Waals surface area contributed by atoms with E-state index >= 15 is 0 Å². The second-order valence-electron chi connectivity index (χ2n) is 9.38. The zero-order chi connectivity index (χ0) is 31.0. The molecule has 0 saturated heterocycles. The highest BCUT2D eigenvalue weighted by Gasteiger charge is 2.21. The van der Waals surface area contributed by atoms with E-state index in [0.29, 0.717) is 41.8 Å². The largest absolute Gasteiger partial charge is 0.493 e. The van der Waals surface area contributed by atoms with Crippen LogP contribution in [0.3, 0.4) is 0 Å². The van der Waals surface area contributed by atoms with Gasteiger partial charge in [0.15, 0.2) is 23.0 Å². The van der Waals surface area contributed by atoms with Crippen molar-refractivity contribution in [2.45, 2.75) is 18.7 Å². The molecule has 0 saturated carbocycles.